The molecule has 1 nitrogen and oxygen atoms in total. The first-order chi connectivity index (χ1) is 15.9. The van der Waals surface area contributed by atoms with Gasteiger partial charge in [0.25, 0.3) is 0 Å². The second-order valence-corrected chi connectivity index (χ2v) is 8.45. The topological polar surface area (TPSA) is 12.0 Å². The average molecular weight is 494 g/mol. The summed E-state index contributed by atoms with van der Waals surface area (Å²) in [6.07, 6.45) is 0. The second kappa shape index (κ2) is 7.80. The van der Waals surface area contributed by atoms with Crippen molar-refractivity contribution in [1.82, 2.24) is 0 Å². The van der Waals surface area contributed by atoms with Crippen LogP contribution in [-0.2, 0) is 38.1 Å². The van der Waals surface area contributed by atoms with E-state index in [1.807, 2.05) is 24.3 Å². The third kappa shape index (κ3) is 2.79. The van der Waals surface area contributed by atoms with Gasteiger partial charge in [-0.05, 0) is 27.9 Å². The van der Waals surface area contributed by atoms with E-state index < -0.39 is 0 Å². The molecule has 1 spiro atoms. The molecule has 0 unspecified atom stereocenters. The van der Waals surface area contributed by atoms with Gasteiger partial charge < -0.3 is 5.32 Å². The van der Waals surface area contributed by atoms with Gasteiger partial charge in [0.2, 0.25) is 0 Å². The molecule has 0 aliphatic heterocycles. The second-order valence-electron chi connectivity index (χ2n) is 8.45. The van der Waals surface area contributed by atoms with E-state index in [2.05, 4.69) is 102 Å². The van der Waals surface area contributed by atoms with Crippen molar-refractivity contribution in [2.75, 3.05) is 5.32 Å². The molecule has 0 fully saturated rings. The molecule has 33 heavy (non-hydrogen) atoms. The molecule has 0 heterocycles. The summed E-state index contributed by atoms with van der Waals surface area (Å²) in [5.41, 5.74) is 12.1. The first-order valence-electron chi connectivity index (χ1n) is 11.0. The fraction of sp³-hybridized carbons (Fsp3) is 0.0323. The molecule has 0 amide bonds. The van der Waals surface area contributed by atoms with Gasteiger partial charge in [0.05, 0.1) is 0 Å². The maximum atomic E-state index is 3.71. The number of hydrogen-bond acceptors (Lipinski definition) is 1. The quantitative estimate of drug-likeness (QED) is 0.248. The van der Waals surface area contributed by atoms with Gasteiger partial charge in [-0.2, -0.15) is 24.3 Å². The minimum absolute atomic E-state index is 0. The van der Waals surface area contributed by atoms with Crippen molar-refractivity contribution in [1.29, 1.82) is 0 Å². The fourth-order valence-electron chi connectivity index (χ4n) is 5.70. The van der Waals surface area contributed by atoms with E-state index in [0.717, 1.165) is 11.4 Å². The van der Waals surface area contributed by atoms with Gasteiger partial charge in [-0.1, -0.05) is 89.6 Å². The smallest absolute Gasteiger partial charge is 0.0299 e. The number of benzene rings is 5. The summed E-state index contributed by atoms with van der Waals surface area (Å²) in [6.45, 7) is 0. The number of anilines is 2. The Hall–Kier alpha value is -3.00. The summed E-state index contributed by atoms with van der Waals surface area (Å²) >= 11 is 0. The standard InChI is InChI=1S/C31H19N.Y/c1-2-10-21(11-3-1)32-22-18-19-30-26(20-22)25-14-6-9-17-29(25)31(30)27-15-7-4-12-23(27)24-13-5-8-16-28(24)31;/h1-10,12-19,32H;/q-2;. The minimum Gasteiger partial charge on any atom is -0.395 e. The number of hydrogen-bond donors (Lipinski definition) is 1. The van der Waals surface area contributed by atoms with Crippen molar-refractivity contribution >= 4 is 11.4 Å². The summed E-state index contributed by atoms with van der Waals surface area (Å²) in [5.74, 6) is 0. The fourth-order valence-corrected chi connectivity index (χ4v) is 5.70. The SMILES string of the molecule is [Y].[c-]1ccccc1Nc1[c-]c2c(cc1)C1(c3ccccc3-2)c2ccccc2-c2ccccc21. The molecule has 0 atom stereocenters. The van der Waals surface area contributed by atoms with Crippen molar-refractivity contribution in [2.24, 2.45) is 0 Å². The Morgan fingerprint density at radius 1 is 0.515 bits per heavy atom. The Morgan fingerprint density at radius 3 is 1.73 bits per heavy atom. The maximum absolute atomic E-state index is 3.71. The molecule has 0 saturated carbocycles. The minimum atomic E-state index is -0.299. The van der Waals surface area contributed by atoms with Gasteiger partial charge in [0.15, 0.2) is 0 Å². The first kappa shape index (κ1) is 20.6. The first-order valence-corrected chi connectivity index (χ1v) is 11.0. The van der Waals surface area contributed by atoms with Crippen molar-refractivity contribution in [3.05, 3.63) is 144 Å². The van der Waals surface area contributed by atoms with E-state index >= 15 is 0 Å². The predicted molar refractivity (Wildman–Crippen MR) is 130 cm³/mol. The van der Waals surface area contributed by atoms with Gasteiger partial charge >= 0.3 is 0 Å². The molecule has 2 heteroatoms. The van der Waals surface area contributed by atoms with E-state index in [0.29, 0.717) is 0 Å². The zero-order valence-corrected chi connectivity index (χ0v) is 20.8. The number of rotatable bonds is 2. The van der Waals surface area contributed by atoms with Gasteiger partial charge in [-0.3, -0.25) is 0 Å². The number of fused-ring (bicyclic) bond motifs is 10. The van der Waals surface area contributed by atoms with Crippen molar-refractivity contribution in [3.8, 4) is 22.3 Å². The van der Waals surface area contributed by atoms with Crippen LogP contribution in [0.25, 0.3) is 22.3 Å². The molecule has 2 aliphatic carbocycles. The van der Waals surface area contributed by atoms with Crippen molar-refractivity contribution in [2.45, 2.75) is 5.41 Å². The molecule has 1 N–H and O–H groups in total. The molecule has 2 aliphatic rings. The molecule has 5 aromatic carbocycles. The molecule has 1 radical (unpaired) electrons. The Balaban J connectivity index is 0.00000206. The van der Waals surface area contributed by atoms with Gasteiger partial charge in [0, 0.05) is 38.1 Å². The Labute approximate surface area is 219 Å². The summed E-state index contributed by atoms with van der Waals surface area (Å²) in [5, 5.41) is 3.47. The molecular weight excluding hydrogens is 475 g/mol. The zero-order chi connectivity index (χ0) is 21.1. The molecular formula is C31H19NY-2. The van der Waals surface area contributed by atoms with E-state index in [-0.39, 0.29) is 38.1 Å². The predicted octanol–water partition coefficient (Wildman–Crippen LogP) is 7.37. The Bertz CT molecular complexity index is 1460. The number of nitrogens with one attached hydrogen (secondary N) is 1. The van der Waals surface area contributed by atoms with Crippen LogP contribution < -0.4 is 5.32 Å². The summed E-state index contributed by atoms with van der Waals surface area (Å²) in [4.78, 5) is 0. The van der Waals surface area contributed by atoms with Crippen LogP contribution in [0.4, 0.5) is 11.4 Å². The van der Waals surface area contributed by atoms with Crippen LogP contribution in [0.15, 0.2) is 109 Å². The normalized spacial score (nSPS) is 13.5. The van der Waals surface area contributed by atoms with E-state index in [1.54, 1.807) is 0 Å². The molecule has 0 bridgehead atoms. The van der Waals surface area contributed by atoms with Crippen LogP contribution in [0.5, 0.6) is 0 Å². The van der Waals surface area contributed by atoms with Crippen molar-refractivity contribution in [3.63, 3.8) is 0 Å². The molecule has 7 rings (SSSR count). The van der Waals surface area contributed by atoms with Gasteiger partial charge in [-0.15, -0.1) is 35.4 Å². The van der Waals surface area contributed by atoms with Crippen LogP contribution in [0.2, 0.25) is 0 Å². The molecule has 5 aromatic rings. The average Bonchev–Trinajstić information content (AvgIpc) is 3.32. The van der Waals surface area contributed by atoms with Crippen molar-refractivity contribution < 1.29 is 32.7 Å². The third-order valence-corrected chi connectivity index (χ3v) is 6.88. The largest absolute Gasteiger partial charge is 0.395 e. The summed E-state index contributed by atoms with van der Waals surface area (Å²) in [6, 6.07) is 45.9. The van der Waals surface area contributed by atoms with Crippen LogP contribution in [-0.4, -0.2) is 0 Å². The monoisotopic (exact) mass is 494 g/mol. The van der Waals surface area contributed by atoms with Gasteiger partial charge in [-0.25, -0.2) is 0 Å². The number of para-hydroxylation sites is 1. The van der Waals surface area contributed by atoms with E-state index in [9.17, 15) is 0 Å². The third-order valence-electron chi connectivity index (χ3n) is 6.88. The molecule has 153 valence electrons. The van der Waals surface area contributed by atoms with E-state index in [4.69, 9.17) is 0 Å². The van der Waals surface area contributed by atoms with Gasteiger partial charge in [0.1, 0.15) is 0 Å². The van der Waals surface area contributed by atoms with Crippen LogP contribution in [0.3, 0.4) is 0 Å². The Kier molecular flexibility index (Phi) is 4.87. The molecule has 0 saturated heterocycles. The van der Waals surface area contributed by atoms with E-state index in [1.165, 1.54) is 44.5 Å². The Morgan fingerprint density at radius 2 is 1.09 bits per heavy atom. The molecule has 0 aromatic heterocycles. The van der Waals surface area contributed by atoms with Crippen LogP contribution in [0, 0.1) is 12.1 Å². The zero-order valence-electron chi connectivity index (χ0n) is 18.0. The van der Waals surface area contributed by atoms with Crippen LogP contribution in [0.1, 0.15) is 22.3 Å². The maximum Gasteiger partial charge on any atom is 0.0299 e. The summed E-state index contributed by atoms with van der Waals surface area (Å²) < 4.78 is 0. The summed E-state index contributed by atoms with van der Waals surface area (Å²) in [7, 11) is 0. The van der Waals surface area contributed by atoms with Crippen LogP contribution >= 0.6 is 0 Å².